The quantitative estimate of drug-likeness (QED) is 0.513. The average molecular weight is 309 g/mol. The maximum atomic E-state index is 11.0. The molecule has 1 saturated heterocycles. The maximum Gasteiger partial charge on any atom is 0.335 e. The van der Waals surface area contributed by atoms with Gasteiger partial charge >= 0.3 is 5.97 Å². The van der Waals surface area contributed by atoms with Gasteiger partial charge in [0.15, 0.2) is 12.0 Å². The van der Waals surface area contributed by atoms with Crippen LogP contribution < -0.4 is 4.74 Å². The Balaban J connectivity index is 1.82. The van der Waals surface area contributed by atoms with E-state index in [1.807, 2.05) is 24.3 Å². The van der Waals surface area contributed by atoms with E-state index in [2.05, 4.69) is 4.98 Å². The Morgan fingerprint density at radius 3 is 2.55 bits per heavy atom. The van der Waals surface area contributed by atoms with Crippen molar-refractivity contribution in [2.75, 3.05) is 0 Å². The fourth-order valence-electron chi connectivity index (χ4n) is 2.38. The minimum atomic E-state index is -1.74. The highest BCUT2D eigenvalue weighted by Crippen LogP contribution is 2.26. The fourth-order valence-corrected chi connectivity index (χ4v) is 2.38. The van der Waals surface area contributed by atoms with Gasteiger partial charge in [0.25, 0.3) is 0 Å². The molecule has 0 saturated carbocycles. The molecule has 22 heavy (non-hydrogen) atoms. The first kappa shape index (κ1) is 14.8. The molecular weight excluding hydrogens is 294 g/mol. The van der Waals surface area contributed by atoms with Crippen molar-refractivity contribution in [3.8, 4) is 5.88 Å². The summed E-state index contributed by atoms with van der Waals surface area (Å²) >= 11 is 0. The molecule has 118 valence electrons. The van der Waals surface area contributed by atoms with Crippen molar-refractivity contribution in [2.24, 2.45) is 0 Å². The van der Waals surface area contributed by atoms with E-state index in [-0.39, 0.29) is 5.88 Å². The van der Waals surface area contributed by atoms with Crippen molar-refractivity contribution in [1.82, 2.24) is 4.98 Å². The van der Waals surface area contributed by atoms with Crippen LogP contribution >= 0.6 is 0 Å². The van der Waals surface area contributed by atoms with E-state index in [1.54, 1.807) is 6.07 Å². The molecule has 1 aromatic carbocycles. The van der Waals surface area contributed by atoms with Crippen LogP contribution in [0.15, 0.2) is 30.3 Å². The molecule has 2 aromatic rings. The second-order valence-corrected chi connectivity index (χ2v) is 5.07. The third-order valence-corrected chi connectivity index (χ3v) is 3.56. The number of hydrogen-bond acceptors (Lipinski definition) is 6. The molecule has 0 radical (unpaired) electrons. The van der Waals surface area contributed by atoms with Gasteiger partial charge in [-0.05, 0) is 6.07 Å². The zero-order valence-electron chi connectivity index (χ0n) is 11.3. The minimum Gasteiger partial charge on any atom is -0.479 e. The van der Waals surface area contributed by atoms with Gasteiger partial charge in [-0.25, -0.2) is 4.79 Å². The third kappa shape index (κ3) is 2.53. The summed E-state index contributed by atoms with van der Waals surface area (Å²) in [5.74, 6) is -1.21. The maximum absolute atomic E-state index is 11.0. The largest absolute Gasteiger partial charge is 0.479 e. The molecule has 2 heterocycles. The first-order valence-electron chi connectivity index (χ1n) is 6.64. The van der Waals surface area contributed by atoms with Crippen LogP contribution in [0, 0.1) is 0 Å². The number of rotatable bonds is 3. The molecular formula is C14H15NO7. The van der Waals surface area contributed by atoms with Gasteiger partial charge < -0.3 is 34.9 Å². The average Bonchev–Trinajstić information content (AvgIpc) is 2.89. The second-order valence-electron chi connectivity index (χ2n) is 5.07. The SMILES string of the molecule is O=C(O)[C@H]1O[C@@H](Oc2cc3ccccc3[nH]2)[C@H](O)[C@@H](O)[C@@H]1O. The van der Waals surface area contributed by atoms with E-state index in [0.29, 0.717) is 0 Å². The number of fused-ring (bicyclic) bond motifs is 1. The number of ether oxygens (including phenoxy) is 2. The summed E-state index contributed by atoms with van der Waals surface area (Å²) in [4.78, 5) is 13.9. The van der Waals surface area contributed by atoms with Crippen LogP contribution in [0.2, 0.25) is 0 Å². The van der Waals surface area contributed by atoms with Crippen LogP contribution in [-0.2, 0) is 9.53 Å². The monoisotopic (exact) mass is 309 g/mol. The summed E-state index contributed by atoms with van der Waals surface area (Å²) in [6.07, 6.45) is -8.13. The van der Waals surface area contributed by atoms with E-state index in [9.17, 15) is 20.1 Å². The Labute approximate surface area is 124 Å². The number of carboxylic acids is 1. The lowest BCUT2D eigenvalue weighted by atomic mass is 9.99. The standard InChI is InChI=1S/C14H15NO7/c16-9-10(17)12(13(19)20)22-14(11(9)18)21-8-5-6-3-1-2-4-7(6)15-8/h1-5,9-12,14-18H,(H,19,20)/t9-,10-,11+,12-,14+/m0/s1. The first-order chi connectivity index (χ1) is 10.5. The molecule has 1 aliphatic rings. The molecule has 1 aromatic heterocycles. The molecule has 3 rings (SSSR count). The lowest BCUT2D eigenvalue weighted by Gasteiger charge is -2.38. The summed E-state index contributed by atoms with van der Waals surface area (Å²) in [7, 11) is 0. The zero-order chi connectivity index (χ0) is 15.9. The number of benzene rings is 1. The summed E-state index contributed by atoms with van der Waals surface area (Å²) in [6, 6.07) is 8.98. The normalized spacial score (nSPS) is 32.0. The Morgan fingerprint density at radius 2 is 1.86 bits per heavy atom. The van der Waals surface area contributed by atoms with Crippen molar-refractivity contribution < 1.29 is 34.7 Å². The van der Waals surface area contributed by atoms with Gasteiger partial charge in [-0.3, -0.25) is 0 Å². The number of aliphatic hydroxyl groups is 3. The molecule has 0 aliphatic carbocycles. The lowest BCUT2D eigenvalue weighted by Crippen LogP contribution is -2.61. The van der Waals surface area contributed by atoms with E-state index >= 15 is 0 Å². The number of aromatic amines is 1. The van der Waals surface area contributed by atoms with E-state index in [0.717, 1.165) is 10.9 Å². The predicted octanol–water partition coefficient (Wildman–Crippen LogP) is -0.561. The highest BCUT2D eigenvalue weighted by molar-refractivity contribution is 5.81. The number of carboxylic acid groups (broad SMARTS) is 1. The van der Waals surface area contributed by atoms with Crippen LogP contribution in [0.3, 0.4) is 0 Å². The molecule has 1 aliphatic heterocycles. The molecule has 0 spiro atoms. The van der Waals surface area contributed by atoms with Crippen LogP contribution in [-0.4, -0.2) is 62.1 Å². The molecule has 0 amide bonds. The summed E-state index contributed by atoms with van der Waals surface area (Å²) in [5, 5.41) is 39.0. The van der Waals surface area contributed by atoms with Gasteiger partial charge in [0, 0.05) is 17.0 Å². The van der Waals surface area contributed by atoms with Crippen LogP contribution in [0.5, 0.6) is 5.88 Å². The number of nitrogens with one attached hydrogen (secondary N) is 1. The van der Waals surface area contributed by atoms with Crippen molar-refractivity contribution >= 4 is 16.9 Å². The molecule has 0 bridgehead atoms. The Morgan fingerprint density at radius 1 is 1.14 bits per heavy atom. The summed E-state index contributed by atoms with van der Waals surface area (Å²) in [5.41, 5.74) is 0.790. The molecule has 5 N–H and O–H groups in total. The van der Waals surface area contributed by atoms with Gasteiger partial charge in [0.1, 0.15) is 18.3 Å². The van der Waals surface area contributed by atoms with E-state index in [4.69, 9.17) is 14.6 Å². The minimum absolute atomic E-state index is 0.248. The van der Waals surface area contributed by atoms with Crippen LogP contribution in [0.25, 0.3) is 10.9 Å². The topological polar surface area (TPSA) is 132 Å². The third-order valence-electron chi connectivity index (χ3n) is 3.56. The van der Waals surface area contributed by atoms with E-state index < -0.39 is 36.7 Å². The Hall–Kier alpha value is -2.13. The smallest absolute Gasteiger partial charge is 0.335 e. The number of H-pyrrole nitrogens is 1. The Bertz CT molecular complexity index is 652. The number of aromatic nitrogens is 1. The van der Waals surface area contributed by atoms with Gasteiger partial charge in [-0.15, -0.1) is 0 Å². The highest BCUT2D eigenvalue weighted by Gasteiger charge is 2.48. The first-order valence-corrected chi connectivity index (χ1v) is 6.64. The summed E-state index contributed by atoms with van der Waals surface area (Å²) in [6.45, 7) is 0. The second kappa shape index (κ2) is 5.58. The number of hydrogen-bond donors (Lipinski definition) is 5. The Kier molecular flexibility index (Phi) is 3.75. The number of para-hydroxylation sites is 1. The summed E-state index contributed by atoms with van der Waals surface area (Å²) < 4.78 is 10.4. The molecule has 1 fully saturated rings. The zero-order valence-corrected chi connectivity index (χ0v) is 11.3. The van der Waals surface area contributed by atoms with Crippen molar-refractivity contribution in [1.29, 1.82) is 0 Å². The van der Waals surface area contributed by atoms with Crippen LogP contribution in [0.4, 0.5) is 0 Å². The highest BCUT2D eigenvalue weighted by atomic mass is 16.7. The van der Waals surface area contributed by atoms with Gasteiger partial charge in [-0.2, -0.15) is 0 Å². The molecule has 8 nitrogen and oxygen atoms in total. The van der Waals surface area contributed by atoms with Crippen molar-refractivity contribution in [2.45, 2.75) is 30.7 Å². The lowest BCUT2D eigenvalue weighted by molar-refractivity contribution is -0.271. The molecule has 0 unspecified atom stereocenters. The number of aliphatic carboxylic acids is 1. The van der Waals surface area contributed by atoms with Gasteiger partial charge in [-0.1, -0.05) is 18.2 Å². The molecule has 5 atom stereocenters. The van der Waals surface area contributed by atoms with Gasteiger partial charge in [0.2, 0.25) is 6.29 Å². The fraction of sp³-hybridized carbons (Fsp3) is 0.357. The number of carbonyl (C=O) groups is 1. The molecule has 8 heteroatoms. The number of aliphatic hydroxyl groups excluding tert-OH is 3. The predicted molar refractivity (Wildman–Crippen MR) is 73.2 cm³/mol. The van der Waals surface area contributed by atoms with Crippen LogP contribution in [0.1, 0.15) is 0 Å². The van der Waals surface area contributed by atoms with Crippen molar-refractivity contribution in [3.63, 3.8) is 0 Å². The van der Waals surface area contributed by atoms with E-state index in [1.165, 1.54) is 0 Å². The van der Waals surface area contributed by atoms with Crippen molar-refractivity contribution in [3.05, 3.63) is 30.3 Å². The van der Waals surface area contributed by atoms with Gasteiger partial charge in [0.05, 0.1) is 0 Å².